The minimum Gasteiger partial charge on any atom is -0.382 e. The molecule has 0 unspecified atom stereocenters. The van der Waals surface area contributed by atoms with E-state index in [1.165, 1.54) is 5.56 Å². The Balaban J connectivity index is 1.74. The predicted molar refractivity (Wildman–Crippen MR) is 73.5 cm³/mol. The molecule has 5 heteroatoms. The second-order valence-electron chi connectivity index (χ2n) is 4.19. The van der Waals surface area contributed by atoms with Gasteiger partial charge < -0.3 is 11.1 Å². The monoisotopic (exact) mass is 256 g/mol. The molecule has 1 heterocycles. The summed E-state index contributed by atoms with van der Waals surface area (Å²) in [6.45, 7) is 0.611. The Labute approximate surface area is 111 Å². The van der Waals surface area contributed by atoms with Crippen molar-refractivity contribution in [1.82, 2.24) is 15.5 Å². The molecule has 5 nitrogen and oxygen atoms in total. The van der Waals surface area contributed by atoms with E-state index in [2.05, 4.69) is 27.6 Å². The molecule has 1 amide bonds. The number of hydrogen-bond donors (Lipinski definition) is 2. The van der Waals surface area contributed by atoms with Gasteiger partial charge in [0.05, 0.1) is 0 Å². The van der Waals surface area contributed by atoms with Crippen LogP contribution in [0, 0.1) is 0 Å². The number of carbonyl (C=O) groups is 1. The van der Waals surface area contributed by atoms with Gasteiger partial charge in [0.15, 0.2) is 5.69 Å². The van der Waals surface area contributed by atoms with Crippen LogP contribution in [-0.2, 0) is 6.42 Å². The third kappa shape index (κ3) is 4.06. The fourth-order valence-electron chi connectivity index (χ4n) is 1.69. The lowest BCUT2D eigenvalue weighted by atomic mass is 10.1. The minimum absolute atomic E-state index is 0.222. The van der Waals surface area contributed by atoms with Crippen molar-refractivity contribution in [3.8, 4) is 0 Å². The van der Waals surface area contributed by atoms with Crippen LogP contribution in [0.5, 0.6) is 0 Å². The Morgan fingerprint density at radius 1 is 1.11 bits per heavy atom. The lowest BCUT2D eigenvalue weighted by Crippen LogP contribution is -2.26. The summed E-state index contributed by atoms with van der Waals surface area (Å²) in [5, 5.41) is 10.2. The average Bonchev–Trinajstić information content (AvgIpc) is 2.45. The van der Waals surface area contributed by atoms with Crippen molar-refractivity contribution in [1.29, 1.82) is 0 Å². The summed E-state index contributed by atoms with van der Waals surface area (Å²) in [5.74, 6) is 0.0844. The number of rotatable bonds is 5. The molecule has 2 aromatic rings. The van der Waals surface area contributed by atoms with Crippen molar-refractivity contribution in [2.45, 2.75) is 12.8 Å². The number of nitrogens with zero attached hydrogens (tertiary/aromatic N) is 2. The molecule has 0 saturated carbocycles. The topological polar surface area (TPSA) is 80.9 Å². The Morgan fingerprint density at radius 2 is 1.89 bits per heavy atom. The number of nitrogens with two attached hydrogens (primary N) is 1. The van der Waals surface area contributed by atoms with Gasteiger partial charge in [0.1, 0.15) is 5.82 Å². The van der Waals surface area contributed by atoms with E-state index in [0.717, 1.165) is 12.8 Å². The van der Waals surface area contributed by atoms with E-state index in [-0.39, 0.29) is 11.6 Å². The molecule has 0 spiro atoms. The third-order valence-corrected chi connectivity index (χ3v) is 2.69. The largest absolute Gasteiger partial charge is 0.382 e. The van der Waals surface area contributed by atoms with Crippen LogP contribution in [-0.4, -0.2) is 22.6 Å². The van der Waals surface area contributed by atoms with Gasteiger partial charge in [0, 0.05) is 6.54 Å². The molecule has 1 aromatic heterocycles. The molecule has 0 radical (unpaired) electrons. The fraction of sp³-hybridized carbons (Fsp3) is 0.214. The van der Waals surface area contributed by atoms with Crippen LogP contribution in [0.1, 0.15) is 22.5 Å². The molecule has 0 saturated heterocycles. The molecule has 98 valence electrons. The first-order valence-corrected chi connectivity index (χ1v) is 6.17. The van der Waals surface area contributed by atoms with Gasteiger partial charge in [-0.15, -0.1) is 10.2 Å². The third-order valence-electron chi connectivity index (χ3n) is 2.69. The first kappa shape index (κ1) is 13.0. The molecule has 0 aliphatic rings. The van der Waals surface area contributed by atoms with Crippen molar-refractivity contribution in [2.75, 3.05) is 12.3 Å². The quantitative estimate of drug-likeness (QED) is 0.793. The van der Waals surface area contributed by atoms with E-state index in [9.17, 15) is 4.79 Å². The zero-order valence-corrected chi connectivity index (χ0v) is 10.5. The summed E-state index contributed by atoms with van der Waals surface area (Å²) in [6.07, 6.45) is 1.83. The van der Waals surface area contributed by atoms with Crippen LogP contribution >= 0.6 is 0 Å². The van der Waals surface area contributed by atoms with Crippen molar-refractivity contribution in [2.24, 2.45) is 0 Å². The molecular formula is C14H16N4O. The maximum atomic E-state index is 11.7. The number of nitrogens with one attached hydrogen (secondary N) is 1. The maximum absolute atomic E-state index is 11.7. The van der Waals surface area contributed by atoms with Crippen LogP contribution in [0.15, 0.2) is 42.5 Å². The van der Waals surface area contributed by atoms with E-state index in [1.807, 2.05) is 18.2 Å². The highest BCUT2D eigenvalue weighted by atomic mass is 16.1. The van der Waals surface area contributed by atoms with Gasteiger partial charge in [-0.25, -0.2) is 0 Å². The van der Waals surface area contributed by atoms with Crippen molar-refractivity contribution in [3.05, 3.63) is 53.7 Å². The molecule has 0 aliphatic heterocycles. The summed E-state index contributed by atoms with van der Waals surface area (Å²) in [6, 6.07) is 13.3. The molecule has 0 bridgehead atoms. The number of carbonyl (C=O) groups excluding carboxylic acids is 1. The summed E-state index contributed by atoms with van der Waals surface area (Å²) >= 11 is 0. The number of hydrogen-bond acceptors (Lipinski definition) is 4. The number of aryl methyl sites for hydroxylation is 1. The number of amides is 1. The second kappa shape index (κ2) is 6.49. The molecule has 0 atom stereocenters. The van der Waals surface area contributed by atoms with Gasteiger partial charge in [-0.3, -0.25) is 4.79 Å². The number of anilines is 1. The van der Waals surface area contributed by atoms with E-state index in [0.29, 0.717) is 12.4 Å². The van der Waals surface area contributed by atoms with E-state index in [1.54, 1.807) is 12.1 Å². The number of aromatic nitrogens is 2. The van der Waals surface area contributed by atoms with Gasteiger partial charge >= 0.3 is 0 Å². The lowest BCUT2D eigenvalue weighted by Gasteiger charge is -2.04. The van der Waals surface area contributed by atoms with Gasteiger partial charge in [-0.1, -0.05) is 30.3 Å². The Hall–Kier alpha value is -2.43. The van der Waals surface area contributed by atoms with Gasteiger partial charge in [-0.05, 0) is 30.5 Å². The maximum Gasteiger partial charge on any atom is 0.271 e. The smallest absolute Gasteiger partial charge is 0.271 e. The van der Waals surface area contributed by atoms with E-state index < -0.39 is 0 Å². The molecule has 1 aromatic carbocycles. The van der Waals surface area contributed by atoms with Crippen LogP contribution in [0.25, 0.3) is 0 Å². The first-order chi connectivity index (χ1) is 9.25. The zero-order valence-electron chi connectivity index (χ0n) is 10.5. The normalized spacial score (nSPS) is 10.1. The highest BCUT2D eigenvalue weighted by Gasteiger charge is 2.06. The zero-order chi connectivity index (χ0) is 13.5. The summed E-state index contributed by atoms with van der Waals surface area (Å²) < 4.78 is 0. The molecule has 0 aliphatic carbocycles. The SMILES string of the molecule is Nc1ccc(C(=O)NCCCc2ccccc2)nn1. The van der Waals surface area contributed by atoms with Crippen molar-refractivity contribution < 1.29 is 4.79 Å². The van der Waals surface area contributed by atoms with Crippen molar-refractivity contribution >= 4 is 11.7 Å². The molecule has 0 fully saturated rings. The predicted octanol–water partition coefficient (Wildman–Crippen LogP) is 1.42. The lowest BCUT2D eigenvalue weighted by molar-refractivity contribution is 0.0947. The van der Waals surface area contributed by atoms with Crippen LogP contribution in [0.3, 0.4) is 0 Å². The second-order valence-corrected chi connectivity index (χ2v) is 4.19. The summed E-state index contributed by atoms with van der Waals surface area (Å²) in [4.78, 5) is 11.7. The number of nitrogen functional groups attached to an aromatic ring is 1. The summed E-state index contributed by atoms with van der Waals surface area (Å²) in [7, 11) is 0. The van der Waals surface area contributed by atoms with Crippen molar-refractivity contribution in [3.63, 3.8) is 0 Å². The highest BCUT2D eigenvalue weighted by molar-refractivity contribution is 5.92. The highest BCUT2D eigenvalue weighted by Crippen LogP contribution is 2.02. The van der Waals surface area contributed by atoms with Crippen LogP contribution in [0.2, 0.25) is 0 Å². The first-order valence-electron chi connectivity index (χ1n) is 6.17. The Kier molecular flexibility index (Phi) is 4.44. The van der Waals surface area contributed by atoms with E-state index in [4.69, 9.17) is 5.73 Å². The molecule has 19 heavy (non-hydrogen) atoms. The van der Waals surface area contributed by atoms with E-state index >= 15 is 0 Å². The standard InChI is InChI=1S/C14H16N4O/c15-13-9-8-12(17-18-13)14(19)16-10-4-7-11-5-2-1-3-6-11/h1-3,5-6,8-9H,4,7,10H2,(H2,15,18)(H,16,19). The van der Waals surface area contributed by atoms with Gasteiger partial charge in [0.25, 0.3) is 5.91 Å². The number of benzene rings is 1. The minimum atomic E-state index is -0.222. The molecule has 2 rings (SSSR count). The molecule has 3 N–H and O–H groups in total. The van der Waals surface area contributed by atoms with Gasteiger partial charge in [0.2, 0.25) is 0 Å². The Morgan fingerprint density at radius 3 is 2.58 bits per heavy atom. The Bertz CT molecular complexity index is 525. The van der Waals surface area contributed by atoms with Gasteiger partial charge in [-0.2, -0.15) is 0 Å². The average molecular weight is 256 g/mol. The van der Waals surface area contributed by atoms with Crippen LogP contribution in [0.4, 0.5) is 5.82 Å². The molecular weight excluding hydrogens is 240 g/mol. The van der Waals surface area contributed by atoms with Crippen LogP contribution < -0.4 is 11.1 Å². The summed E-state index contributed by atoms with van der Waals surface area (Å²) in [5.41, 5.74) is 6.96. The fourth-order valence-corrected chi connectivity index (χ4v) is 1.69.